The largest absolute Gasteiger partial charge is 0.352 e. The van der Waals surface area contributed by atoms with Crippen LogP contribution in [0.1, 0.15) is 25.3 Å². The summed E-state index contributed by atoms with van der Waals surface area (Å²) in [6, 6.07) is 8.08. The van der Waals surface area contributed by atoms with Gasteiger partial charge in [-0.1, -0.05) is 12.1 Å². The van der Waals surface area contributed by atoms with Crippen molar-refractivity contribution in [1.29, 1.82) is 0 Å². The second-order valence-electron chi connectivity index (χ2n) is 7.39. The normalized spacial score (nSPS) is 20.4. The van der Waals surface area contributed by atoms with Gasteiger partial charge in [0.15, 0.2) is 0 Å². The van der Waals surface area contributed by atoms with Gasteiger partial charge in [0.1, 0.15) is 22.3 Å². The molecule has 2 aromatic rings. The fourth-order valence-electron chi connectivity index (χ4n) is 3.45. The highest BCUT2D eigenvalue weighted by Crippen LogP contribution is 2.33. The van der Waals surface area contributed by atoms with E-state index in [9.17, 15) is 26.4 Å². The van der Waals surface area contributed by atoms with Crippen LogP contribution in [0.3, 0.4) is 0 Å². The number of hydrogen-bond acceptors (Lipinski definition) is 3. The summed E-state index contributed by atoms with van der Waals surface area (Å²) in [5, 5.41) is 2.72. The minimum atomic E-state index is -4.22. The summed E-state index contributed by atoms with van der Waals surface area (Å²) < 4.78 is 67.2. The third kappa shape index (κ3) is 4.62. The minimum absolute atomic E-state index is 0.103. The molecule has 0 spiro atoms. The summed E-state index contributed by atoms with van der Waals surface area (Å²) >= 11 is 0. The molecule has 0 aliphatic carbocycles. The Morgan fingerprint density at radius 2 is 1.86 bits per heavy atom. The number of benzene rings is 2. The predicted molar refractivity (Wildman–Crippen MR) is 101 cm³/mol. The number of carbonyl (C=O) groups is 1. The Bertz CT molecular complexity index is 1030. The molecule has 0 saturated carbocycles. The number of carbonyl (C=O) groups excluding carboxylic acids is 1. The summed E-state index contributed by atoms with van der Waals surface area (Å²) in [5.41, 5.74) is -0.453. The van der Waals surface area contributed by atoms with Crippen molar-refractivity contribution >= 4 is 15.9 Å². The summed E-state index contributed by atoms with van der Waals surface area (Å²) in [6.07, 6.45) is 0.853. The fraction of sp³-hybridized carbons (Fsp3) is 0.350. The van der Waals surface area contributed by atoms with Gasteiger partial charge in [-0.2, -0.15) is 4.31 Å². The molecular formula is C20H21F3N2O3S. The summed E-state index contributed by atoms with van der Waals surface area (Å²) in [7, 11) is -4.22. The van der Waals surface area contributed by atoms with Crippen molar-refractivity contribution in [2.24, 2.45) is 5.41 Å². The molecule has 0 unspecified atom stereocenters. The number of hydrogen-bond donors (Lipinski definition) is 1. The molecule has 2 aromatic carbocycles. The Morgan fingerprint density at radius 3 is 2.55 bits per heavy atom. The fourth-order valence-corrected chi connectivity index (χ4v) is 5.10. The van der Waals surface area contributed by atoms with E-state index in [1.807, 2.05) is 0 Å². The summed E-state index contributed by atoms with van der Waals surface area (Å²) in [6.45, 7) is 1.73. The van der Waals surface area contributed by atoms with Crippen LogP contribution < -0.4 is 5.32 Å². The lowest BCUT2D eigenvalue weighted by Gasteiger charge is -2.38. The van der Waals surface area contributed by atoms with Crippen LogP contribution in [0, 0.1) is 22.9 Å². The lowest BCUT2D eigenvalue weighted by molar-refractivity contribution is -0.132. The molecule has 1 N–H and O–H groups in total. The summed E-state index contributed by atoms with van der Waals surface area (Å²) in [5.74, 6) is -2.84. The van der Waals surface area contributed by atoms with Crippen molar-refractivity contribution in [3.8, 4) is 0 Å². The zero-order chi connectivity index (χ0) is 21.2. The molecule has 5 nitrogen and oxygen atoms in total. The van der Waals surface area contributed by atoms with Gasteiger partial charge < -0.3 is 5.32 Å². The zero-order valence-electron chi connectivity index (χ0n) is 15.8. The quantitative estimate of drug-likeness (QED) is 0.799. The van der Waals surface area contributed by atoms with Gasteiger partial charge in [-0.15, -0.1) is 0 Å². The highest BCUT2D eigenvalue weighted by molar-refractivity contribution is 7.89. The van der Waals surface area contributed by atoms with E-state index >= 15 is 0 Å². The van der Waals surface area contributed by atoms with Crippen molar-refractivity contribution in [1.82, 2.24) is 9.62 Å². The molecular weight excluding hydrogens is 405 g/mol. The molecule has 3 rings (SSSR count). The summed E-state index contributed by atoms with van der Waals surface area (Å²) in [4.78, 5) is 12.1. The van der Waals surface area contributed by atoms with Crippen molar-refractivity contribution < 1.29 is 26.4 Å². The van der Waals surface area contributed by atoms with E-state index in [1.54, 1.807) is 13.0 Å². The van der Waals surface area contributed by atoms with Gasteiger partial charge in [0.05, 0.1) is 5.41 Å². The number of halogens is 3. The van der Waals surface area contributed by atoms with Gasteiger partial charge in [-0.05, 0) is 49.6 Å². The average Bonchev–Trinajstić information content (AvgIpc) is 2.66. The first-order valence-electron chi connectivity index (χ1n) is 9.10. The molecule has 0 bridgehead atoms. The molecule has 156 valence electrons. The Morgan fingerprint density at radius 1 is 1.14 bits per heavy atom. The molecule has 0 radical (unpaired) electrons. The van der Waals surface area contributed by atoms with Crippen LogP contribution in [0.25, 0.3) is 0 Å². The van der Waals surface area contributed by atoms with Crippen molar-refractivity contribution in [3.63, 3.8) is 0 Å². The maximum atomic E-state index is 14.0. The lowest BCUT2D eigenvalue weighted by Crippen LogP contribution is -2.51. The minimum Gasteiger partial charge on any atom is -0.352 e. The van der Waals surface area contributed by atoms with Crippen LogP contribution in [0.4, 0.5) is 13.2 Å². The zero-order valence-corrected chi connectivity index (χ0v) is 16.6. The van der Waals surface area contributed by atoms with E-state index in [0.29, 0.717) is 24.5 Å². The maximum absolute atomic E-state index is 14.0. The Kier molecular flexibility index (Phi) is 6.00. The topological polar surface area (TPSA) is 66.5 Å². The molecule has 1 heterocycles. The second kappa shape index (κ2) is 8.16. The number of amides is 1. The smallest absolute Gasteiger partial charge is 0.246 e. The number of sulfonamides is 1. The van der Waals surface area contributed by atoms with Crippen LogP contribution in [0.2, 0.25) is 0 Å². The molecule has 1 fully saturated rings. The van der Waals surface area contributed by atoms with Crippen molar-refractivity contribution in [3.05, 3.63) is 65.5 Å². The van der Waals surface area contributed by atoms with Crippen LogP contribution in [-0.2, 0) is 21.4 Å². The first-order chi connectivity index (χ1) is 13.6. The third-order valence-corrected chi connectivity index (χ3v) is 6.94. The Labute approximate surface area is 167 Å². The first-order valence-corrected chi connectivity index (χ1v) is 10.5. The standard InChI is InChI=1S/C20H21F3N2O3S/c1-20(19(26)24-12-14-4-2-5-15(21)10-14)8-3-9-25(13-20)29(27,28)18-7-6-16(22)11-17(18)23/h2,4-7,10-11H,3,8-9,12-13H2,1H3,(H,24,26)/t20-/m1/s1. The number of nitrogens with zero attached hydrogens (tertiary/aromatic N) is 1. The molecule has 1 saturated heterocycles. The van der Waals surface area contributed by atoms with E-state index in [0.717, 1.165) is 16.4 Å². The molecule has 0 aromatic heterocycles. The van der Waals surface area contributed by atoms with Crippen LogP contribution in [0.5, 0.6) is 0 Å². The van der Waals surface area contributed by atoms with Crippen LogP contribution >= 0.6 is 0 Å². The third-order valence-electron chi connectivity index (χ3n) is 5.06. The van der Waals surface area contributed by atoms with E-state index in [2.05, 4.69) is 5.32 Å². The molecule has 9 heteroatoms. The Hall–Kier alpha value is -2.39. The van der Waals surface area contributed by atoms with E-state index in [-0.39, 0.29) is 25.5 Å². The molecule has 1 aliphatic heterocycles. The van der Waals surface area contributed by atoms with Gasteiger partial charge in [-0.25, -0.2) is 21.6 Å². The lowest BCUT2D eigenvalue weighted by atomic mass is 9.82. The number of piperidine rings is 1. The monoisotopic (exact) mass is 426 g/mol. The Balaban J connectivity index is 1.75. The van der Waals surface area contributed by atoms with Crippen molar-refractivity contribution in [2.45, 2.75) is 31.2 Å². The predicted octanol–water partition coefficient (Wildman–Crippen LogP) is 3.21. The maximum Gasteiger partial charge on any atom is 0.246 e. The average molecular weight is 426 g/mol. The van der Waals surface area contributed by atoms with Gasteiger partial charge in [-0.3, -0.25) is 4.79 Å². The molecule has 1 atom stereocenters. The van der Waals surface area contributed by atoms with E-state index < -0.39 is 37.8 Å². The van der Waals surface area contributed by atoms with Gasteiger partial charge in [0.2, 0.25) is 15.9 Å². The highest BCUT2D eigenvalue weighted by Gasteiger charge is 2.42. The second-order valence-corrected chi connectivity index (χ2v) is 9.30. The van der Waals surface area contributed by atoms with Gasteiger partial charge >= 0.3 is 0 Å². The molecule has 29 heavy (non-hydrogen) atoms. The first kappa shape index (κ1) is 21.3. The van der Waals surface area contributed by atoms with Crippen LogP contribution in [0.15, 0.2) is 47.4 Å². The number of rotatable bonds is 5. The van der Waals surface area contributed by atoms with Crippen LogP contribution in [-0.4, -0.2) is 31.7 Å². The van der Waals surface area contributed by atoms with E-state index in [1.165, 1.54) is 18.2 Å². The highest BCUT2D eigenvalue weighted by atomic mass is 32.2. The van der Waals surface area contributed by atoms with Gasteiger partial charge in [0, 0.05) is 25.7 Å². The number of nitrogens with one attached hydrogen (secondary N) is 1. The molecule has 1 amide bonds. The SMILES string of the molecule is C[C@@]1(C(=O)NCc2cccc(F)c2)CCCN(S(=O)(=O)c2ccc(F)cc2F)C1. The van der Waals surface area contributed by atoms with E-state index in [4.69, 9.17) is 0 Å². The van der Waals surface area contributed by atoms with Gasteiger partial charge in [0.25, 0.3) is 0 Å². The molecule has 1 aliphatic rings. The van der Waals surface area contributed by atoms with Crippen molar-refractivity contribution in [2.75, 3.05) is 13.1 Å².